The van der Waals surface area contributed by atoms with Gasteiger partial charge in [-0.2, -0.15) is 0 Å². The number of furan rings is 1. The fourth-order valence-electron chi connectivity index (χ4n) is 2.89. The number of carbonyl (C=O) groups is 2. The van der Waals surface area contributed by atoms with Gasteiger partial charge in [0.2, 0.25) is 0 Å². The van der Waals surface area contributed by atoms with Crippen LogP contribution < -0.4 is 16.0 Å². The van der Waals surface area contributed by atoms with E-state index in [1.165, 1.54) is 6.26 Å². The summed E-state index contributed by atoms with van der Waals surface area (Å²) in [6.07, 6.45) is 1.45. The molecule has 6 heteroatoms. The zero-order valence-electron chi connectivity index (χ0n) is 15.9. The van der Waals surface area contributed by atoms with Gasteiger partial charge in [-0.15, -0.1) is 0 Å². The van der Waals surface area contributed by atoms with Crippen molar-refractivity contribution in [2.75, 3.05) is 5.32 Å². The van der Waals surface area contributed by atoms with E-state index < -0.39 is 0 Å². The first-order valence-electron chi connectivity index (χ1n) is 9.06. The molecule has 0 fully saturated rings. The van der Waals surface area contributed by atoms with E-state index in [2.05, 4.69) is 16.0 Å². The summed E-state index contributed by atoms with van der Waals surface area (Å²) in [6.45, 7) is 4.37. The molecule has 3 amide bonds. The lowest BCUT2D eigenvalue weighted by Gasteiger charge is -2.17. The molecule has 1 atom stereocenters. The minimum Gasteiger partial charge on any atom is -0.459 e. The van der Waals surface area contributed by atoms with E-state index >= 15 is 0 Å². The molecule has 0 aliphatic rings. The number of hydrogen-bond donors (Lipinski definition) is 3. The monoisotopic (exact) mass is 377 g/mol. The standard InChI is InChI=1S/C22H23N3O3/c1-15-6-3-4-7-19(15)16(2)24-22(27)23-14-17-9-11-18(12-10-17)25-21(26)20-8-5-13-28-20/h3-13,16H,14H2,1-2H3,(H,25,26)(H2,23,24,27)/t16-/m1/s1. The number of carbonyl (C=O) groups excluding carboxylic acids is 2. The molecule has 6 nitrogen and oxygen atoms in total. The van der Waals surface area contributed by atoms with E-state index in [4.69, 9.17) is 4.42 Å². The molecule has 1 heterocycles. The second-order valence-corrected chi connectivity index (χ2v) is 6.53. The summed E-state index contributed by atoms with van der Waals surface area (Å²) in [5.41, 5.74) is 3.81. The number of aryl methyl sites for hydroxylation is 1. The van der Waals surface area contributed by atoms with Gasteiger partial charge < -0.3 is 20.4 Å². The number of rotatable bonds is 6. The third-order valence-electron chi connectivity index (χ3n) is 4.41. The Bertz CT molecular complexity index is 934. The van der Waals surface area contributed by atoms with E-state index in [-0.39, 0.29) is 23.7 Å². The van der Waals surface area contributed by atoms with Crippen LogP contribution in [0.1, 0.15) is 40.2 Å². The van der Waals surface area contributed by atoms with Crippen molar-refractivity contribution in [2.45, 2.75) is 26.4 Å². The number of hydrogen-bond acceptors (Lipinski definition) is 3. The maximum Gasteiger partial charge on any atom is 0.315 e. The molecular weight excluding hydrogens is 354 g/mol. The normalized spacial score (nSPS) is 11.5. The Kier molecular flexibility index (Phi) is 6.11. The van der Waals surface area contributed by atoms with Crippen LogP contribution in [0.25, 0.3) is 0 Å². The largest absolute Gasteiger partial charge is 0.459 e. The van der Waals surface area contributed by atoms with Crippen LogP contribution in [0.5, 0.6) is 0 Å². The third kappa shape index (κ3) is 5.01. The summed E-state index contributed by atoms with van der Waals surface area (Å²) in [4.78, 5) is 24.1. The van der Waals surface area contributed by atoms with Crippen LogP contribution >= 0.6 is 0 Å². The van der Waals surface area contributed by atoms with Gasteiger partial charge in [0.1, 0.15) is 0 Å². The molecule has 28 heavy (non-hydrogen) atoms. The smallest absolute Gasteiger partial charge is 0.315 e. The summed E-state index contributed by atoms with van der Waals surface area (Å²) >= 11 is 0. The van der Waals surface area contributed by atoms with Crippen LogP contribution in [0.15, 0.2) is 71.3 Å². The SMILES string of the molecule is Cc1ccccc1[C@@H](C)NC(=O)NCc1ccc(NC(=O)c2ccco2)cc1. The highest BCUT2D eigenvalue weighted by Crippen LogP contribution is 2.16. The Morgan fingerprint density at radius 1 is 1.00 bits per heavy atom. The highest BCUT2D eigenvalue weighted by atomic mass is 16.3. The van der Waals surface area contributed by atoms with Crippen LogP contribution in [0.4, 0.5) is 10.5 Å². The van der Waals surface area contributed by atoms with Gasteiger partial charge in [0.05, 0.1) is 12.3 Å². The van der Waals surface area contributed by atoms with Gasteiger partial charge in [-0.3, -0.25) is 4.79 Å². The maximum absolute atomic E-state index is 12.2. The molecule has 3 N–H and O–H groups in total. The first kappa shape index (κ1) is 19.2. The van der Waals surface area contributed by atoms with Crippen LogP contribution in [0.3, 0.4) is 0 Å². The lowest BCUT2D eigenvalue weighted by Crippen LogP contribution is -2.36. The molecule has 1 aromatic heterocycles. The molecule has 0 spiro atoms. The fourth-order valence-corrected chi connectivity index (χ4v) is 2.89. The molecule has 0 aliphatic heterocycles. The molecule has 0 unspecified atom stereocenters. The zero-order valence-corrected chi connectivity index (χ0v) is 15.9. The molecule has 0 aliphatic carbocycles. The predicted molar refractivity (Wildman–Crippen MR) is 108 cm³/mol. The topological polar surface area (TPSA) is 83.4 Å². The van der Waals surface area contributed by atoms with E-state index in [1.54, 1.807) is 24.3 Å². The Morgan fingerprint density at radius 2 is 1.75 bits per heavy atom. The van der Waals surface area contributed by atoms with Gasteiger partial charge in [0.15, 0.2) is 5.76 Å². The quantitative estimate of drug-likeness (QED) is 0.595. The highest BCUT2D eigenvalue weighted by molar-refractivity contribution is 6.02. The van der Waals surface area contributed by atoms with E-state index in [0.29, 0.717) is 12.2 Å². The van der Waals surface area contributed by atoms with Crippen LogP contribution in [0.2, 0.25) is 0 Å². The summed E-state index contributed by atoms with van der Waals surface area (Å²) < 4.78 is 5.06. The van der Waals surface area contributed by atoms with E-state index in [0.717, 1.165) is 16.7 Å². The molecule has 3 aromatic rings. The minimum absolute atomic E-state index is 0.0830. The van der Waals surface area contributed by atoms with Crippen molar-refractivity contribution in [3.05, 3.63) is 89.4 Å². The second-order valence-electron chi connectivity index (χ2n) is 6.53. The predicted octanol–water partition coefficient (Wildman–Crippen LogP) is 4.40. The highest BCUT2D eigenvalue weighted by Gasteiger charge is 2.11. The number of nitrogens with one attached hydrogen (secondary N) is 3. The van der Waals surface area contributed by atoms with E-state index in [9.17, 15) is 9.59 Å². The Hall–Kier alpha value is -3.54. The summed E-state index contributed by atoms with van der Waals surface area (Å²) in [5.74, 6) is -0.0503. The molecule has 2 aromatic carbocycles. The van der Waals surface area contributed by atoms with Gasteiger partial charge >= 0.3 is 6.03 Å². The number of benzene rings is 2. The van der Waals surface area contributed by atoms with Crippen molar-refractivity contribution < 1.29 is 14.0 Å². The molecule has 0 bridgehead atoms. The van der Waals surface area contributed by atoms with Gasteiger partial charge in [-0.05, 0) is 54.8 Å². The molecule has 0 radical (unpaired) electrons. The van der Waals surface area contributed by atoms with Gasteiger partial charge in [0.25, 0.3) is 5.91 Å². The van der Waals surface area contributed by atoms with Crippen molar-refractivity contribution in [2.24, 2.45) is 0 Å². The first-order valence-corrected chi connectivity index (χ1v) is 9.06. The van der Waals surface area contributed by atoms with Gasteiger partial charge in [-0.25, -0.2) is 4.79 Å². The number of amides is 3. The summed E-state index contributed by atoms with van der Waals surface area (Å²) in [7, 11) is 0. The summed E-state index contributed by atoms with van der Waals surface area (Å²) in [5, 5.41) is 8.55. The van der Waals surface area contributed by atoms with Crippen LogP contribution in [0, 0.1) is 6.92 Å². The molecule has 144 valence electrons. The molecule has 3 rings (SSSR count). The maximum atomic E-state index is 12.2. The second kappa shape index (κ2) is 8.90. The van der Waals surface area contributed by atoms with Crippen molar-refractivity contribution >= 4 is 17.6 Å². The fraction of sp³-hybridized carbons (Fsp3) is 0.182. The van der Waals surface area contributed by atoms with Crippen LogP contribution in [-0.2, 0) is 6.54 Å². The third-order valence-corrected chi connectivity index (χ3v) is 4.41. The first-order chi connectivity index (χ1) is 13.5. The number of anilines is 1. The average Bonchev–Trinajstić information content (AvgIpc) is 3.23. The lowest BCUT2D eigenvalue weighted by molar-refractivity contribution is 0.0996. The van der Waals surface area contributed by atoms with Crippen molar-refractivity contribution in [3.63, 3.8) is 0 Å². The average molecular weight is 377 g/mol. The molecular formula is C22H23N3O3. The molecule has 0 saturated heterocycles. The van der Waals surface area contributed by atoms with Crippen molar-refractivity contribution in [1.29, 1.82) is 0 Å². The minimum atomic E-state index is -0.305. The Morgan fingerprint density at radius 3 is 2.43 bits per heavy atom. The van der Waals surface area contributed by atoms with Gasteiger partial charge in [0, 0.05) is 12.2 Å². The van der Waals surface area contributed by atoms with Gasteiger partial charge in [-0.1, -0.05) is 36.4 Å². The molecule has 0 saturated carbocycles. The zero-order chi connectivity index (χ0) is 19.9. The Balaban J connectivity index is 1.48. The van der Waals surface area contributed by atoms with E-state index in [1.807, 2.05) is 50.2 Å². The van der Waals surface area contributed by atoms with Crippen LogP contribution in [-0.4, -0.2) is 11.9 Å². The van der Waals surface area contributed by atoms with Crippen molar-refractivity contribution in [1.82, 2.24) is 10.6 Å². The number of urea groups is 1. The lowest BCUT2D eigenvalue weighted by atomic mass is 10.0. The Labute approximate surface area is 164 Å². The summed E-state index contributed by atoms with van der Waals surface area (Å²) in [6, 6.07) is 18.2. The van der Waals surface area contributed by atoms with Crippen molar-refractivity contribution in [3.8, 4) is 0 Å².